The normalized spacial score (nSPS) is 15.8. The maximum atomic E-state index is 16.1. The van der Waals surface area contributed by atoms with Crippen molar-refractivity contribution in [1.82, 2.24) is 4.98 Å². The zero-order chi connectivity index (χ0) is 27.9. The molecule has 2 atom stereocenters. The minimum absolute atomic E-state index is 0.0189. The van der Waals surface area contributed by atoms with Crippen molar-refractivity contribution in [2.24, 2.45) is 5.73 Å². The minimum atomic E-state index is -0.661. The second-order valence-electron chi connectivity index (χ2n) is 9.86. The molecular formula is C30H38FN5O3. The summed E-state index contributed by atoms with van der Waals surface area (Å²) >= 11 is 0. The number of hydrogen-bond acceptors (Lipinski definition) is 7. The molecule has 1 aliphatic rings. The first-order chi connectivity index (χ1) is 18.8. The van der Waals surface area contributed by atoms with Crippen molar-refractivity contribution in [3.05, 3.63) is 77.2 Å². The summed E-state index contributed by atoms with van der Waals surface area (Å²) in [6.07, 6.45) is 1.87. The molecule has 0 spiro atoms. The van der Waals surface area contributed by atoms with Crippen molar-refractivity contribution in [2.75, 3.05) is 37.1 Å². The number of hydrogen-bond donors (Lipinski definition) is 3. The van der Waals surface area contributed by atoms with Gasteiger partial charge in [-0.1, -0.05) is 6.07 Å². The van der Waals surface area contributed by atoms with E-state index in [0.29, 0.717) is 35.8 Å². The quantitative estimate of drug-likeness (QED) is 0.208. The molecule has 1 saturated heterocycles. The third kappa shape index (κ3) is 6.78. The molecule has 1 aliphatic heterocycles. The monoisotopic (exact) mass is 535 g/mol. The van der Waals surface area contributed by atoms with E-state index in [-0.39, 0.29) is 23.7 Å². The highest BCUT2D eigenvalue weighted by Crippen LogP contribution is 2.37. The first kappa shape index (κ1) is 28.2. The molecule has 0 saturated carbocycles. The van der Waals surface area contributed by atoms with E-state index in [9.17, 15) is 0 Å². The van der Waals surface area contributed by atoms with E-state index in [4.69, 9.17) is 30.3 Å². The van der Waals surface area contributed by atoms with E-state index in [2.05, 4.69) is 10.2 Å². The summed E-state index contributed by atoms with van der Waals surface area (Å²) < 4.78 is 33.2. The van der Waals surface area contributed by atoms with Gasteiger partial charge in [-0.15, -0.1) is 0 Å². The lowest BCUT2D eigenvalue weighted by molar-refractivity contribution is 0.180. The molecule has 8 nitrogen and oxygen atoms in total. The number of nitrogens with two attached hydrogens (primary N) is 1. The number of amidine groups is 1. The smallest absolute Gasteiger partial charge is 0.171 e. The van der Waals surface area contributed by atoms with Crippen LogP contribution in [0.4, 0.5) is 15.9 Å². The summed E-state index contributed by atoms with van der Waals surface area (Å²) in [5.41, 5.74) is 7.97. The van der Waals surface area contributed by atoms with Crippen molar-refractivity contribution in [1.29, 1.82) is 5.41 Å². The van der Waals surface area contributed by atoms with Crippen LogP contribution in [-0.4, -0.2) is 49.8 Å². The highest BCUT2D eigenvalue weighted by atomic mass is 19.1. The number of anilines is 2. The fourth-order valence-corrected chi connectivity index (χ4v) is 4.88. The van der Waals surface area contributed by atoms with Gasteiger partial charge < -0.3 is 30.2 Å². The van der Waals surface area contributed by atoms with Crippen LogP contribution in [0.3, 0.4) is 0 Å². The van der Waals surface area contributed by atoms with Crippen LogP contribution in [0.1, 0.15) is 56.5 Å². The fraction of sp³-hybridized carbons (Fsp3) is 0.400. The molecule has 0 aliphatic carbocycles. The van der Waals surface area contributed by atoms with E-state index in [1.807, 2.05) is 51.1 Å². The molecule has 0 radical (unpaired) electrons. The van der Waals surface area contributed by atoms with Crippen molar-refractivity contribution in [3.63, 3.8) is 0 Å². The van der Waals surface area contributed by atoms with E-state index in [1.54, 1.807) is 31.4 Å². The molecule has 4 N–H and O–H groups in total. The van der Waals surface area contributed by atoms with Crippen LogP contribution < -0.4 is 25.4 Å². The second-order valence-corrected chi connectivity index (χ2v) is 9.86. The lowest BCUT2D eigenvalue weighted by Gasteiger charge is -2.27. The summed E-state index contributed by atoms with van der Waals surface area (Å²) in [5, 5.41) is 11.1. The standard InChI is InChI=1S/C30H38FN5O3/c1-5-38-23-16-24(28(31)26(17-23)39-19(2)3)29(34-21-13-11-20(12-14-21)30(32)33)25-9-6-10-27(35-25)36-15-7-8-22(36)18-37-4/h6,9-14,16-17,19,22,29,34H,5,7-8,15,18H2,1-4H3,(H3,32,33)/t22-,29?/m1/s1. The summed E-state index contributed by atoms with van der Waals surface area (Å²) in [5.74, 6) is 0.968. The Kier molecular flexibility index (Phi) is 9.24. The predicted octanol–water partition coefficient (Wildman–Crippen LogP) is 5.51. The van der Waals surface area contributed by atoms with Crippen LogP contribution in [0, 0.1) is 11.2 Å². The average molecular weight is 536 g/mol. The second kappa shape index (κ2) is 12.8. The largest absolute Gasteiger partial charge is 0.494 e. The number of nitrogens with one attached hydrogen (secondary N) is 2. The molecule has 1 unspecified atom stereocenters. The minimum Gasteiger partial charge on any atom is -0.494 e. The number of aromatic nitrogens is 1. The van der Waals surface area contributed by atoms with Gasteiger partial charge in [-0.3, -0.25) is 5.41 Å². The maximum Gasteiger partial charge on any atom is 0.171 e. The Morgan fingerprint density at radius 3 is 2.64 bits per heavy atom. The number of ether oxygens (including phenoxy) is 3. The van der Waals surface area contributed by atoms with E-state index < -0.39 is 11.9 Å². The molecule has 1 aromatic heterocycles. The number of nitrogen functional groups attached to an aromatic ring is 1. The Morgan fingerprint density at radius 1 is 1.21 bits per heavy atom. The summed E-state index contributed by atoms with van der Waals surface area (Å²) in [6, 6.07) is 15.8. The van der Waals surface area contributed by atoms with Gasteiger partial charge in [0.25, 0.3) is 0 Å². The van der Waals surface area contributed by atoms with Crippen LogP contribution in [0.15, 0.2) is 54.6 Å². The van der Waals surface area contributed by atoms with Crippen LogP contribution in [0.5, 0.6) is 11.5 Å². The third-order valence-electron chi connectivity index (χ3n) is 6.61. The first-order valence-electron chi connectivity index (χ1n) is 13.4. The van der Waals surface area contributed by atoms with Crippen molar-refractivity contribution in [2.45, 2.75) is 51.8 Å². The number of benzene rings is 2. The molecule has 208 valence electrons. The number of rotatable bonds is 12. The van der Waals surface area contributed by atoms with Gasteiger partial charge in [0, 0.05) is 36.5 Å². The van der Waals surface area contributed by atoms with Crippen LogP contribution >= 0.6 is 0 Å². The lowest BCUT2D eigenvalue weighted by Crippen LogP contribution is -2.33. The van der Waals surface area contributed by atoms with E-state index in [0.717, 1.165) is 30.9 Å². The Morgan fingerprint density at radius 2 is 1.97 bits per heavy atom. The highest BCUT2D eigenvalue weighted by molar-refractivity contribution is 5.95. The number of nitrogens with zero attached hydrogens (tertiary/aromatic N) is 2. The first-order valence-corrected chi connectivity index (χ1v) is 13.4. The molecule has 4 rings (SSSR count). The van der Waals surface area contributed by atoms with Crippen LogP contribution in [0.25, 0.3) is 0 Å². The molecular weight excluding hydrogens is 497 g/mol. The zero-order valence-electron chi connectivity index (χ0n) is 23.0. The molecule has 0 bridgehead atoms. The Balaban J connectivity index is 1.81. The molecule has 2 aromatic carbocycles. The van der Waals surface area contributed by atoms with Gasteiger partial charge in [0.15, 0.2) is 11.6 Å². The Bertz CT molecular complexity index is 1270. The molecule has 3 aromatic rings. The highest BCUT2D eigenvalue weighted by Gasteiger charge is 2.28. The van der Waals surface area contributed by atoms with Gasteiger partial charge in [0.2, 0.25) is 0 Å². The zero-order valence-corrected chi connectivity index (χ0v) is 23.0. The summed E-state index contributed by atoms with van der Waals surface area (Å²) in [6.45, 7) is 7.54. The molecule has 0 amide bonds. The number of pyridine rings is 1. The summed E-state index contributed by atoms with van der Waals surface area (Å²) in [7, 11) is 1.71. The fourth-order valence-electron chi connectivity index (χ4n) is 4.88. The SMILES string of the molecule is CCOc1cc(OC(C)C)c(F)c(C(Nc2ccc(C(=N)N)cc2)c2cccc(N3CCC[C@@H]3COC)n2)c1. The van der Waals surface area contributed by atoms with Crippen LogP contribution in [-0.2, 0) is 4.74 Å². The van der Waals surface area contributed by atoms with Gasteiger partial charge in [-0.05, 0) is 76.1 Å². The van der Waals surface area contributed by atoms with Gasteiger partial charge in [-0.25, -0.2) is 9.37 Å². The molecule has 1 fully saturated rings. The topological polar surface area (TPSA) is 106 Å². The Hall–Kier alpha value is -3.85. The average Bonchev–Trinajstić information content (AvgIpc) is 3.38. The van der Waals surface area contributed by atoms with Gasteiger partial charge in [0.05, 0.1) is 37.1 Å². The van der Waals surface area contributed by atoms with Crippen LogP contribution in [0.2, 0.25) is 0 Å². The lowest BCUT2D eigenvalue weighted by atomic mass is 10.0. The van der Waals surface area contributed by atoms with Gasteiger partial charge in [-0.2, -0.15) is 0 Å². The molecule has 39 heavy (non-hydrogen) atoms. The van der Waals surface area contributed by atoms with Crippen molar-refractivity contribution >= 4 is 17.3 Å². The predicted molar refractivity (Wildman–Crippen MR) is 153 cm³/mol. The molecule has 2 heterocycles. The van der Waals surface area contributed by atoms with Gasteiger partial charge >= 0.3 is 0 Å². The Labute approximate surface area is 229 Å². The van der Waals surface area contributed by atoms with Crippen molar-refractivity contribution < 1.29 is 18.6 Å². The third-order valence-corrected chi connectivity index (χ3v) is 6.61. The molecule has 9 heteroatoms. The summed E-state index contributed by atoms with van der Waals surface area (Å²) in [4.78, 5) is 7.27. The van der Waals surface area contributed by atoms with E-state index in [1.165, 1.54) is 0 Å². The number of halogens is 1. The maximum absolute atomic E-state index is 16.1. The van der Waals surface area contributed by atoms with Gasteiger partial charge in [0.1, 0.15) is 17.4 Å². The van der Waals surface area contributed by atoms with E-state index >= 15 is 4.39 Å². The van der Waals surface area contributed by atoms with Crippen molar-refractivity contribution in [3.8, 4) is 11.5 Å². The number of methoxy groups -OCH3 is 1.